The summed E-state index contributed by atoms with van der Waals surface area (Å²) in [7, 11) is 0. The Morgan fingerprint density at radius 3 is 2.62 bits per heavy atom. The van der Waals surface area contributed by atoms with Crippen molar-refractivity contribution in [3.8, 4) is 5.75 Å². The van der Waals surface area contributed by atoms with Crippen molar-refractivity contribution in [2.75, 3.05) is 19.8 Å². The van der Waals surface area contributed by atoms with Crippen LogP contribution in [0.5, 0.6) is 5.75 Å². The molecule has 3 N–H and O–H groups in total. The molecule has 0 heterocycles. The molecule has 2 atom stereocenters. The van der Waals surface area contributed by atoms with Crippen molar-refractivity contribution in [3.05, 3.63) is 30.1 Å². The molecule has 0 radical (unpaired) electrons. The van der Waals surface area contributed by atoms with Crippen molar-refractivity contribution in [1.29, 1.82) is 0 Å². The van der Waals surface area contributed by atoms with Gasteiger partial charge in [-0.05, 0) is 37.6 Å². The maximum absolute atomic E-state index is 12.8. The quantitative estimate of drug-likeness (QED) is 0.713. The summed E-state index contributed by atoms with van der Waals surface area (Å²) in [5.41, 5.74) is 5.02. The van der Waals surface area contributed by atoms with Gasteiger partial charge in [0.25, 0.3) is 0 Å². The zero-order valence-corrected chi connectivity index (χ0v) is 14.6. The first-order valence-corrected chi connectivity index (χ1v) is 8.38. The lowest BCUT2D eigenvalue weighted by molar-refractivity contribution is -0.170. The van der Waals surface area contributed by atoms with Crippen molar-refractivity contribution in [3.63, 3.8) is 0 Å². The molecule has 1 aliphatic carbocycles. The summed E-state index contributed by atoms with van der Waals surface area (Å²) in [6.07, 6.45) is 1.19. The smallest absolute Gasteiger partial charge is 0.240 e. The molecular weight excluding hydrogens is 311 g/mol. The Bertz CT molecular complexity index is 562. The third-order valence-electron chi connectivity index (χ3n) is 4.92. The molecule has 1 fully saturated rings. The van der Waals surface area contributed by atoms with E-state index >= 15 is 0 Å². The number of benzene rings is 1. The SMILES string of the molecule is CCOC1CC(N)(C(=O)NCCCOc2ccc(F)cc2)C1(C)C. The minimum Gasteiger partial charge on any atom is -0.494 e. The third kappa shape index (κ3) is 3.70. The van der Waals surface area contributed by atoms with E-state index in [1.165, 1.54) is 12.1 Å². The molecule has 0 spiro atoms. The van der Waals surface area contributed by atoms with Gasteiger partial charge in [-0.2, -0.15) is 0 Å². The zero-order valence-electron chi connectivity index (χ0n) is 14.6. The van der Waals surface area contributed by atoms with Gasteiger partial charge in [0.05, 0.1) is 12.7 Å². The second kappa shape index (κ2) is 7.49. The highest BCUT2D eigenvalue weighted by Crippen LogP contribution is 2.49. The zero-order chi connectivity index (χ0) is 17.8. The van der Waals surface area contributed by atoms with E-state index in [0.29, 0.717) is 38.3 Å². The predicted molar refractivity (Wildman–Crippen MR) is 90.3 cm³/mol. The normalized spacial score (nSPS) is 25.0. The molecule has 1 saturated carbocycles. The number of ether oxygens (including phenoxy) is 2. The van der Waals surface area contributed by atoms with Crippen LogP contribution < -0.4 is 15.8 Å². The molecule has 0 saturated heterocycles. The first-order valence-electron chi connectivity index (χ1n) is 8.38. The van der Waals surface area contributed by atoms with E-state index in [4.69, 9.17) is 15.2 Å². The average molecular weight is 338 g/mol. The van der Waals surface area contributed by atoms with Crippen LogP contribution in [-0.4, -0.2) is 37.3 Å². The molecule has 2 unspecified atom stereocenters. The minimum atomic E-state index is -0.898. The molecular formula is C18H27FN2O3. The fourth-order valence-corrected chi connectivity index (χ4v) is 2.97. The molecule has 134 valence electrons. The maximum atomic E-state index is 12.8. The number of hydrogen-bond acceptors (Lipinski definition) is 4. The van der Waals surface area contributed by atoms with Crippen LogP contribution in [0.25, 0.3) is 0 Å². The first-order chi connectivity index (χ1) is 11.3. The molecule has 1 aromatic rings. The Kier molecular flexibility index (Phi) is 5.83. The monoisotopic (exact) mass is 338 g/mol. The van der Waals surface area contributed by atoms with Crippen LogP contribution in [0.2, 0.25) is 0 Å². The third-order valence-corrected chi connectivity index (χ3v) is 4.92. The summed E-state index contributed by atoms with van der Waals surface area (Å²) in [5, 5.41) is 2.88. The van der Waals surface area contributed by atoms with Gasteiger partial charge in [0.1, 0.15) is 17.1 Å². The lowest BCUT2D eigenvalue weighted by Crippen LogP contribution is -2.75. The van der Waals surface area contributed by atoms with Crippen molar-refractivity contribution < 1.29 is 18.7 Å². The summed E-state index contributed by atoms with van der Waals surface area (Å²) < 4.78 is 23.9. The summed E-state index contributed by atoms with van der Waals surface area (Å²) >= 11 is 0. The van der Waals surface area contributed by atoms with Gasteiger partial charge in [0.15, 0.2) is 0 Å². The molecule has 1 aliphatic rings. The summed E-state index contributed by atoms with van der Waals surface area (Å²) in [6.45, 7) is 7.41. The Morgan fingerprint density at radius 1 is 1.38 bits per heavy atom. The number of nitrogens with one attached hydrogen (secondary N) is 1. The Labute approximate surface area is 142 Å². The van der Waals surface area contributed by atoms with E-state index in [9.17, 15) is 9.18 Å². The van der Waals surface area contributed by atoms with Gasteiger partial charge in [-0.25, -0.2) is 4.39 Å². The van der Waals surface area contributed by atoms with E-state index in [0.717, 1.165) is 0 Å². The van der Waals surface area contributed by atoms with Gasteiger partial charge < -0.3 is 20.5 Å². The van der Waals surface area contributed by atoms with Gasteiger partial charge in [-0.3, -0.25) is 4.79 Å². The van der Waals surface area contributed by atoms with Crippen molar-refractivity contribution in [2.24, 2.45) is 11.1 Å². The second-order valence-corrected chi connectivity index (χ2v) is 6.75. The van der Waals surface area contributed by atoms with Crippen LogP contribution in [0.15, 0.2) is 24.3 Å². The molecule has 0 bridgehead atoms. The maximum Gasteiger partial charge on any atom is 0.240 e. The van der Waals surface area contributed by atoms with E-state index in [1.54, 1.807) is 12.1 Å². The number of halogens is 1. The van der Waals surface area contributed by atoms with E-state index in [1.807, 2.05) is 20.8 Å². The Hall–Kier alpha value is -1.66. The van der Waals surface area contributed by atoms with Crippen LogP contribution in [0.3, 0.4) is 0 Å². The molecule has 0 aliphatic heterocycles. The standard InChI is InChI=1S/C18H27FN2O3/c1-4-23-15-12-18(20,17(15,2)3)16(22)21-10-5-11-24-14-8-6-13(19)7-9-14/h6-9,15H,4-5,10-12,20H2,1-3H3,(H,21,22). The van der Waals surface area contributed by atoms with Gasteiger partial charge >= 0.3 is 0 Å². The van der Waals surface area contributed by atoms with Crippen LogP contribution in [-0.2, 0) is 9.53 Å². The fourth-order valence-electron chi connectivity index (χ4n) is 2.97. The van der Waals surface area contributed by atoms with Crippen molar-refractivity contribution >= 4 is 5.91 Å². The number of carbonyl (C=O) groups excluding carboxylic acids is 1. The molecule has 6 heteroatoms. The highest BCUT2D eigenvalue weighted by molar-refractivity contribution is 5.88. The number of rotatable bonds is 8. The molecule has 1 amide bonds. The summed E-state index contributed by atoms with van der Waals surface area (Å²) in [5.74, 6) is 0.166. The van der Waals surface area contributed by atoms with E-state index in [2.05, 4.69) is 5.32 Å². The van der Waals surface area contributed by atoms with E-state index < -0.39 is 11.0 Å². The average Bonchev–Trinajstić information content (AvgIpc) is 2.55. The van der Waals surface area contributed by atoms with Crippen molar-refractivity contribution in [2.45, 2.75) is 45.3 Å². The number of amides is 1. The number of hydrogen-bond donors (Lipinski definition) is 2. The topological polar surface area (TPSA) is 73.6 Å². The lowest BCUT2D eigenvalue weighted by atomic mass is 9.54. The van der Waals surface area contributed by atoms with Gasteiger partial charge in [-0.1, -0.05) is 13.8 Å². The minimum absolute atomic E-state index is 0.0139. The predicted octanol–water partition coefficient (Wildman–Crippen LogP) is 2.24. The molecule has 1 aromatic carbocycles. The van der Waals surface area contributed by atoms with Crippen LogP contribution in [0, 0.1) is 11.2 Å². The Balaban J connectivity index is 1.71. The Morgan fingerprint density at radius 2 is 2.04 bits per heavy atom. The molecule has 0 aromatic heterocycles. The number of nitrogens with two attached hydrogens (primary N) is 1. The highest BCUT2D eigenvalue weighted by Gasteiger charge is 2.62. The van der Waals surface area contributed by atoms with Crippen LogP contribution in [0.4, 0.5) is 4.39 Å². The largest absolute Gasteiger partial charge is 0.494 e. The van der Waals surface area contributed by atoms with Gasteiger partial charge in [0, 0.05) is 25.0 Å². The fraction of sp³-hybridized carbons (Fsp3) is 0.611. The van der Waals surface area contributed by atoms with Crippen molar-refractivity contribution in [1.82, 2.24) is 5.32 Å². The van der Waals surface area contributed by atoms with Crippen LogP contribution >= 0.6 is 0 Å². The molecule has 2 rings (SSSR count). The number of carbonyl (C=O) groups is 1. The van der Waals surface area contributed by atoms with E-state index in [-0.39, 0.29) is 17.8 Å². The summed E-state index contributed by atoms with van der Waals surface area (Å²) in [6, 6.07) is 5.85. The van der Waals surface area contributed by atoms with Gasteiger partial charge in [0.2, 0.25) is 5.91 Å². The lowest BCUT2D eigenvalue weighted by Gasteiger charge is -2.57. The van der Waals surface area contributed by atoms with Crippen LogP contribution in [0.1, 0.15) is 33.6 Å². The van der Waals surface area contributed by atoms with Gasteiger partial charge in [-0.15, -0.1) is 0 Å². The molecule has 24 heavy (non-hydrogen) atoms. The first kappa shape index (κ1) is 18.7. The summed E-state index contributed by atoms with van der Waals surface area (Å²) in [4.78, 5) is 12.4. The second-order valence-electron chi connectivity index (χ2n) is 6.75. The molecule has 5 nitrogen and oxygen atoms in total. The highest BCUT2D eigenvalue weighted by atomic mass is 19.1.